The van der Waals surface area contributed by atoms with E-state index < -0.39 is 6.36 Å². The Bertz CT molecular complexity index is 465. The van der Waals surface area contributed by atoms with Gasteiger partial charge in [-0.2, -0.15) is 0 Å². The molecule has 0 radical (unpaired) electrons. The first-order valence-electron chi connectivity index (χ1n) is 7.82. The zero-order valence-corrected chi connectivity index (χ0v) is 13.2. The number of halogens is 3. The van der Waals surface area contributed by atoms with Crippen LogP contribution in [-0.4, -0.2) is 19.5 Å². The molecule has 2 fully saturated rings. The van der Waals surface area contributed by atoms with Gasteiger partial charge in [0.25, 0.3) is 0 Å². The first-order chi connectivity index (χ1) is 10.3. The van der Waals surface area contributed by atoms with E-state index in [0.29, 0.717) is 17.8 Å². The molecular weight excluding hydrogens is 291 g/mol. The highest BCUT2D eigenvalue weighted by atomic mass is 19.4. The van der Waals surface area contributed by atoms with Crippen molar-refractivity contribution >= 4 is 0 Å². The molecule has 1 N–H and O–H groups in total. The molecule has 1 heterocycles. The Morgan fingerprint density at radius 2 is 1.95 bits per heavy atom. The summed E-state index contributed by atoms with van der Waals surface area (Å²) >= 11 is 0. The van der Waals surface area contributed by atoms with Crippen molar-refractivity contribution in [1.82, 2.24) is 5.32 Å². The van der Waals surface area contributed by atoms with Gasteiger partial charge in [0.1, 0.15) is 5.76 Å². The van der Waals surface area contributed by atoms with Gasteiger partial charge in [-0.15, -0.1) is 13.2 Å². The van der Waals surface area contributed by atoms with E-state index in [0.717, 1.165) is 25.1 Å². The summed E-state index contributed by atoms with van der Waals surface area (Å²) in [5, 5.41) is 3.30. The molecule has 0 bridgehead atoms. The minimum atomic E-state index is -4.65. The second kappa shape index (κ2) is 6.90. The van der Waals surface area contributed by atoms with Crippen molar-refractivity contribution in [2.75, 3.05) is 13.1 Å². The van der Waals surface area contributed by atoms with Crippen molar-refractivity contribution in [3.63, 3.8) is 0 Å². The molecule has 0 aromatic carbocycles. The summed E-state index contributed by atoms with van der Waals surface area (Å²) < 4.78 is 41.0. The molecule has 22 heavy (non-hydrogen) atoms. The van der Waals surface area contributed by atoms with Crippen LogP contribution in [0.3, 0.4) is 0 Å². The third kappa shape index (κ3) is 4.90. The number of ether oxygens (including phenoxy) is 1. The van der Waals surface area contributed by atoms with E-state index in [2.05, 4.69) is 10.1 Å². The first kappa shape index (κ1) is 17.1. The summed E-state index contributed by atoms with van der Waals surface area (Å²) in [7, 11) is 0. The van der Waals surface area contributed by atoms with Gasteiger partial charge in [0.05, 0.1) is 0 Å². The molecular formula is C17H24F3NO. The molecule has 2 rings (SSSR count). The third-order valence-electron chi connectivity index (χ3n) is 4.34. The first-order valence-corrected chi connectivity index (χ1v) is 7.82. The van der Waals surface area contributed by atoms with Crippen LogP contribution in [-0.2, 0) is 4.74 Å². The van der Waals surface area contributed by atoms with Gasteiger partial charge in [0.2, 0.25) is 0 Å². The monoisotopic (exact) mass is 315 g/mol. The quantitative estimate of drug-likeness (QED) is 0.566. The number of hydrogen-bond donors (Lipinski definition) is 1. The van der Waals surface area contributed by atoms with Gasteiger partial charge >= 0.3 is 6.36 Å². The molecule has 124 valence electrons. The summed E-state index contributed by atoms with van der Waals surface area (Å²) in [5.74, 6) is 0.506. The second-order valence-electron chi connectivity index (χ2n) is 6.52. The number of hydrogen-bond acceptors (Lipinski definition) is 2. The third-order valence-corrected chi connectivity index (χ3v) is 4.34. The van der Waals surface area contributed by atoms with Crippen LogP contribution in [0.5, 0.6) is 0 Å². The molecule has 0 amide bonds. The Hall–Kier alpha value is -1.23. The van der Waals surface area contributed by atoms with Gasteiger partial charge in [0, 0.05) is 13.1 Å². The maximum atomic E-state index is 12.3. The Morgan fingerprint density at radius 3 is 2.45 bits per heavy atom. The standard InChI is InChI=1S/C17H24F3NO/c1-3-4-5-15(22-17(18,19)20)7-6-13(2)8-14-9-16(10-14)11-21-12-16/h4-7,14,21H,3,8-12H2,1-2H3/b5-4+,13-6+,15-7+. The Balaban J connectivity index is 1.88. The Kier molecular flexibility index (Phi) is 5.37. The summed E-state index contributed by atoms with van der Waals surface area (Å²) in [6, 6.07) is 0. The van der Waals surface area contributed by atoms with Crippen LogP contribution in [0.4, 0.5) is 13.2 Å². The molecule has 0 aromatic rings. The highest BCUT2D eigenvalue weighted by Gasteiger charge is 2.47. The van der Waals surface area contributed by atoms with Gasteiger partial charge in [-0.1, -0.05) is 24.6 Å². The maximum Gasteiger partial charge on any atom is 0.573 e. The van der Waals surface area contributed by atoms with Crippen LogP contribution >= 0.6 is 0 Å². The average Bonchev–Trinajstić information content (AvgIpc) is 2.32. The lowest BCUT2D eigenvalue weighted by molar-refractivity contribution is -0.303. The van der Waals surface area contributed by atoms with Crippen molar-refractivity contribution in [2.45, 2.75) is 45.9 Å². The normalized spacial score (nSPS) is 22.8. The number of allylic oxidation sites excluding steroid dienone is 5. The zero-order chi connectivity index (χ0) is 16.2. The molecule has 2 nitrogen and oxygen atoms in total. The fourth-order valence-electron chi connectivity index (χ4n) is 3.32. The van der Waals surface area contributed by atoms with E-state index >= 15 is 0 Å². The molecule has 1 saturated carbocycles. The number of alkyl halides is 3. The molecule has 0 unspecified atom stereocenters. The van der Waals surface area contributed by atoms with Gasteiger partial charge < -0.3 is 10.1 Å². The van der Waals surface area contributed by atoms with Gasteiger partial charge in [-0.05, 0) is 56.1 Å². The highest BCUT2D eigenvalue weighted by Crippen LogP contribution is 2.50. The lowest BCUT2D eigenvalue weighted by atomic mass is 9.57. The van der Waals surface area contributed by atoms with E-state index in [1.54, 1.807) is 12.2 Å². The van der Waals surface area contributed by atoms with Crippen molar-refractivity contribution < 1.29 is 17.9 Å². The summed E-state index contributed by atoms with van der Waals surface area (Å²) in [6.07, 6.45) is 5.61. The van der Waals surface area contributed by atoms with Crippen molar-refractivity contribution in [3.8, 4) is 0 Å². The van der Waals surface area contributed by atoms with Crippen LogP contribution in [0, 0.1) is 11.3 Å². The van der Waals surface area contributed by atoms with Crippen LogP contribution < -0.4 is 5.32 Å². The molecule has 5 heteroatoms. The van der Waals surface area contributed by atoms with Gasteiger partial charge in [-0.25, -0.2) is 0 Å². The number of rotatable bonds is 6. The molecule has 1 saturated heterocycles. The molecule has 0 aromatic heterocycles. The van der Waals surface area contributed by atoms with Crippen LogP contribution in [0.1, 0.15) is 39.5 Å². The topological polar surface area (TPSA) is 21.3 Å². The minimum absolute atomic E-state index is 0.165. The van der Waals surface area contributed by atoms with Crippen molar-refractivity contribution in [3.05, 3.63) is 35.6 Å². The van der Waals surface area contributed by atoms with Crippen molar-refractivity contribution in [1.29, 1.82) is 0 Å². The highest BCUT2D eigenvalue weighted by molar-refractivity contribution is 5.22. The average molecular weight is 315 g/mol. The molecule has 0 atom stereocenters. The zero-order valence-electron chi connectivity index (χ0n) is 13.2. The summed E-state index contributed by atoms with van der Waals surface area (Å²) in [6.45, 7) is 6.08. The largest absolute Gasteiger partial charge is 0.573 e. The number of nitrogens with one attached hydrogen (secondary N) is 1. The van der Waals surface area contributed by atoms with Crippen LogP contribution in [0.2, 0.25) is 0 Å². The van der Waals surface area contributed by atoms with Crippen LogP contribution in [0.25, 0.3) is 0 Å². The maximum absolute atomic E-state index is 12.3. The minimum Gasteiger partial charge on any atom is -0.406 e. The van der Waals surface area contributed by atoms with E-state index in [9.17, 15) is 13.2 Å². The SMILES string of the molecule is CC/C=C/C(=C\C=C(/C)CC1CC2(CNC2)C1)OC(F)(F)F. The van der Waals surface area contributed by atoms with Gasteiger partial charge in [0.15, 0.2) is 0 Å². The fraction of sp³-hybridized carbons (Fsp3) is 0.647. The predicted octanol–water partition coefficient (Wildman–Crippen LogP) is 4.71. The van der Waals surface area contributed by atoms with E-state index in [1.807, 2.05) is 13.8 Å². The van der Waals surface area contributed by atoms with Crippen molar-refractivity contribution in [2.24, 2.45) is 11.3 Å². The second-order valence-corrected chi connectivity index (χ2v) is 6.52. The predicted molar refractivity (Wildman–Crippen MR) is 81.1 cm³/mol. The summed E-state index contributed by atoms with van der Waals surface area (Å²) in [4.78, 5) is 0. The smallest absolute Gasteiger partial charge is 0.406 e. The van der Waals surface area contributed by atoms with E-state index in [4.69, 9.17) is 0 Å². The molecule has 1 aliphatic carbocycles. The molecule has 1 spiro atoms. The molecule has 1 aliphatic heterocycles. The van der Waals surface area contributed by atoms with E-state index in [-0.39, 0.29) is 5.76 Å². The van der Waals surface area contributed by atoms with Gasteiger partial charge in [-0.3, -0.25) is 0 Å². The lowest BCUT2D eigenvalue weighted by Crippen LogP contribution is -2.60. The van der Waals surface area contributed by atoms with Crippen LogP contribution in [0.15, 0.2) is 35.6 Å². The molecule has 2 aliphatic rings. The Labute approximate surface area is 130 Å². The Morgan fingerprint density at radius 1 is 1.27 bits per heavy atom. The summed E-state index contributed by atoms with van der Waals surface area (Å²) in [5.41, 5.74) is 1.63. The lowest BCUT2D eigenvalue weighted by Gasteiger charge is -2.54. The van der Waals surface area contributed by atoms with E-state index in [1.165, 1.54) is 25.0 Å². The fourth-order valence-corrected chi connectivity index (χ4v) is 3.32.